The van der Waals surface area contributed by atoms with Crippen LogP contribution in [0.2, 0.25) is 0 Å². The number of hydrogen-bond donors (Lipinski definition) is 1. The summed E-state index contributed by atoms with van der Waals surface area (Å²) in [7, 11) is -3.80. The van der Waals surface area contributed by atoms with Gasteiger partial charge in [0.05, 0.1) is 16.3 Å². The second kappa shape index (κ2) is 7.19. The molecular weight excluding hydrogens is 386 g/mol. The maximum Gasteiger partial charge on any atom is 0.307 e. The van der Waals surface area contributed by atoms with Gasteiger partial charge in [0.25, 0.3) is 10.0 Å². The summed E-state index contributed by atoms with van der Waals surface area (Å²) in [6.45, 7) is 3.90. The first kappa shape index (κ1) is 19.5. The van der Waals surface area contributed by atoms with Crippen molar-refractivity contribution in [2.24, 2.45) is 5.92 Å². The van der Waals surface area contributed by atoms with Crippen molar-refractivity contribution in [2.45, 2.75) is 37.5 Å². The Labute approximate surface area is 170 Å². The largest absolute Gasteiger partial charge is 0.481 e. The lowest BCUT2D eigenvalue weighted by Gasteiger charge is -2.26. The number of para-hydroxylation sites is 1. The van der Waals surface area contributed by atoms with Crippen molar-refractivity contribution in [1.29, 1.82) is 0 Å². The molecule has 1 aliphatic rings. The first-order valence-corrected chi connectivity index (χ1v) is 11.1. The van der Waals surface area contributed by atoms with Gasteiger partial charge in [-0.1, -0.05) is 47.5 Å². The van der Waals surface area contributed by atoms with Crippen LogP contribution in [0.1, 0.15) is 36.8 Å². The average Bonchev–Trinajstić information content (AvgIpc) is 3.08. The normalized spacial score (nSPS) is 19.9. The zero-order chi connectivity index (χ0) is 20.8. The number of allylic oxidation sites excluding steroid dienone is 2. The van der Waals surface area contributed by atoms with Gasteiger partial charge >= 0.3 is 5.97 Å². The van der Waals surface area contributed by atoms with E-state index in [2.05, 4.69) is 0 Å². The molecule has 2 atom stereocenters. The van der Waals surface area contributed by atoms with Gasteiger partial charge in [0.2, 0.25) is 0 Å². The molecule has 0 unspecified atom stereocenters. The van der Waals surface area contributed by atoms with Gasteiger partial charge in [0.15, 0.2) is 0 Å². The monoisotopic (exact) mass is 409 g/mol. The third-order valence-corrected chi connectivity index (χ3v) is 7.40. The zero-order valence-electron chi connectivity index (χ0n) is 16.4. The minimum Gasteiger partial charge on any atom is -0.481 e. The molecular formula is C23H23NO4S. The first-order valence-electron chi connectivity index (χ1n) is 9.61. The van der Waals surface area contributed by atoms with Gasteiger partial charge in [-0.25, -0.2) is 12.4 Å². The van der Waals surface area contributed by atoms with Gasteiger partial charge in [0.1, 0.15) is 0 Å². The van der Waals surface area contributed by atoms with Crippen LogP contribution >= 0.6 is 0 Å². The van der Waals surface area contributed by atoms with E-state index in [0.29, 0.717) is 11.9 Å². The second-order valence-electron chi connectivity index (χ2n) is 7.74. The third-order valence-electron chi connectivity index (χ3n) is 5.71. The van der Waals surface area contributed by atoms with E-state index in [4.69, 9.17) is 0 Å². The smallest absolute Gasteiger partial charge is 0.307 e. The topological polar surface area (TPSA) is 76.4 Å². The van der Waals surface area contributed by atoms with Crippen molar-refractivity contribution in [1.82, 2.24) is 3.97 Å². The Morgan fingerprint density at radius 3 is 2.45 bits per heavy atom. The Morgan fingerprint density at radius 2 is 1.76 bits per heavy atom. The summed E-state index contributed by atoms with van der Waals surface area (Å²) < 4.78 is 28.0. The van der Waals surface area contributed by atoms with Gasteiger partial charge in [-0.2, -0.15) is 0 Å². The summed E-state index contributed by atoms with van der Waals surface area (Å²) in [5.74, 6) is -1.78. The molecule has 29 heavy (non-hydrogen) atoms. The molecule has 4 rings (SSSR count). The predicted octanol–water partition coefficient (Wildman–Crippen LogP) is 4.71. The zero-order valence-corrected chi connectivity index (χ0v) is 17.2. The number of nitrogens with zero attached hydrogens (tertiary/aromatic N) is 1. The number of hydrogen-bond acceptors (Lipinski definition) is 3. The lowest BCUT2D eigenvalue weighted by atomic mass is 9.77. The molecule has 1 N–H and O–H groups in total. The average molecular weight is 410 g/mol. The molecule has 0 amide bonds. The van der Waals surface area contributed by atoms with Crippen LogP contribution in [0.15, 0.2) is 71.3 Å². The van der Waals surface area contributed by atoms with E-state index in [1.807, 2.05) is 32.1 Å². The van der Waals surface area contributed by atoms with Gasteiger partial charge in [-0.15, -0.1) is 0 Å². The van der Waals surface area contributed by atoms with E-state index in [-0.39, 0.29) is 10.8 Å². The molecule has 0 radical (unpaired) electrons. The minimum absolute atomic E-state index is 0.209. The second-order valence-corrected chi connectivity index (χ2v) is 9.55. The Hall–Kier alpha value is -2.86. The molecule has 3 aromatic rings. The SMILES string of the molecule is CC1=C[C@@H](c2cn(S(=O)(=O)c3ccc(C)cc3)c3ccccc23)[C@@H](C(=O)O)CC1. The highest BCUT2D eigenvalue weighted by Gasteiger charge is 2.33. The number of benzene rings is 2. The Morgan fingerprint density at radius 1 is 1.07 bits per heavy atom. The van der Waals surface area contributed by atoms with Crippen molar-refractivity contribution in [2.75, 3.05) is 0 Å². The predicted molar refractivity (Wildman–Crippen MR) is 113 cm³/mol. The molecule has 1 aliphatic carbocycles. The molecule has 5 nitrogen and oxygen atoms in total. The maximum absolute atomic E-state index is 13.4. The number of carboxylic acid groups (broad SMARTS) is 1. The molecule has 0 saturated carbocycles. The molecule has 0 spiro atoms. The fraction of sp³-hybridized carbons (Fsp3) is 0.261. The summed E-state index contributed by atoms with van der Waals surface area (Å²) in [6.07, 6.45) is 4.88. The number of carbonyl (C=O) groups is 1. The number of aryl methyl sites for hydroxylation is 1. The number of aliphatic carboxylic acids is 1. The molecule has 0 bridgehead atoms. The highest BCUT2D eigenvalue weighted by molar-refractivity contribution is 7.90. The van der Waals surface area contributed by atoms with Crippen molar-refractivity contribution < 1.29 is 18.3 Å². The Kier molecular flexibility index (Phi) is 4.82. The standard InChI is InChI=1S/C23H23NO4S/c1-15-7-10-17(11-8-15)29(27,28)24-14-21(18-5-3-4-6-22(18)24)20-13-16(2)9-12-19(20)23(25)26/h3-8,10-11,13-14,19-20H,9,12H2,1-2H3,(H,25,26)/t19-,20+/m0/s1. The van der Waals surface area contributed by atoms with Crippen LogP contribution in [0.5, 0.6) is 0 Å². The molecule has 6 heteroatoms. The van der Waals surface area contributed by atoms with Crippen molar-refractivity contribution in [3.8, 4) is 0 Å². The van der Waals surface area contributed by atoms with E-state index in [1.165, 1.54) is 3.97 Å². The van der Waals surface area contributed by atoms with Crippen molar-refractivity contribution >= 4 is 26.9 Å². The highest BCUT2D eigenvalue weighted by atomic mass is 32.2. The summed E-state index contributed by atoms with van der Waals surface area (Å²) in [5, 5.41) is 10.5. The molecule has 150 valence electrons. The first-order chi connectivity index (χ1) is 13.8. The molecule has 0 saturated heterocycles. The van der Waals surface area contributed by atoms with Gasteiger partial charge in [-0.05, 0) is 50.5 Å². The van der Waals surface area contributed by atoms with Crippen molar-refractivity contribution in [3.63, 3.8) is 0 Å². The van der Waals surface area contributed by atoms with Crippen LogP contribution in [0.3, 0.4) is 0 Å². The van der Waals surface area contributed by atoms with Crippen LogP contribution in [-0.4, -0.2) is 23.5 Å². The lowest BCUT2D eigenvalue weighted by Crippen LogP contribution is -2.24. The highest BCUT2D eigenvalue weighted by Crippen LogP contribution is 2.40. The number of rotatable bonds is 4. The maximum atomic E-state index is 13.4. The Balaban J connectivity index is 1.94. The summed E-state index contributed by atoms with van der Waals surface area (Å²) >= 11 is 0. The van der Waals surface area contributed by atoms with Crippen molar-refractivity contribution in [3.05, 3.63) is 77.5 Å². The summed E-state index contributed by atoms with van der Waals surface area (Å²) in [5.41, 5.74) is 3.41. The number of aromatic nitrogens is 1. The van der Waals surface area contributed by atoms with E-state index in [0.717, 1.165) is 28.5 Å². The molecule has 1 heterocycles. The Bertz CT molecular complexity index is 1220. The third kappa shape index (κ3) is 3.38. The van der Waals surface area contributed by atoms with E-state index >= 15 is 0 Å². The summed E-state index contributed by atoms with van der Waals surface area (Å²) in [4.78, 5) is 12.1. The fourth-order valence-electron chi connectivity index (χ4n) is 4.12. The van der Waals surface area contributed by atoms with Crippen LogP contribution in [-0.2, 0) is 14.8 Å². The van der Waals surface area contributed by atoms with Gasteiger partial charge in [-0.3, -0.25) is 4.79 Å². The minimum atomic E-state index is -3.80. The quantitative estimate of drug-likeness (QED) is 0.633. The summed E-state index contributed by atoms with van der Waals surface area (Å²) in [6, 6.07) is 14.0. The molecule has 0 fully saturated rings. The lowest BCUT2D eigenvalue weighted by molar-refractivity contribution is -0.142. The molecule has 1 aromatic heterocycles. The number of carboxylic acids is 1. The van der Waals surface area contributed by atoms with E-state index < -0.39 is 21.9 Å². The van der Waals surface area contributed by atoms with Gasteiger partial charge in [0, 0.05) is 17.5 Å². The van der Waals surface area contributed by atoms with E-state index in [1.54, 1.807) is 42.6 Å². The van der Waals surface area contributed by atoms with Crippen LogP contribution in [0.4, 0.5) is 0 Å². The van der Waals surface area contributed by atoms with Crippen LogP contribution in [0, 0.1) is 12.8 Å². The molecule has 0 aliphatic heterocycles. The van der Waals surface area contributed by atoms with Gasteiger partial charge < -0.3 is 5.11 Å². The van der Waals surface area contributed by atoms with E-state index in [9.17, 15) is 18.3 Å². The van der Waals surface area contributed by atoms with Crippen LogP contribution in [0.25, 0.3) is 10.9 Å². The molecule has 2 aromatic carbocycles. The van der Waals surface area contributed by atoms with Crippen LogP contribution < -0.4 is 0 Å². The fourth-order valence-corrected chi connectivity index (χ4v) is 5.49. The number of fused-ring (bicyclic) bond motifs is 1.